The van der Waals surface area contributed by atoms with Gasteiger partial charge in [-0.25, -0.2) is 0 Å². The Morgan fingerprint density at radius 2 is 1.90 bits per heavy atom. The molecule has 11 heteroatoms. The molecule has 1 aromatic rings. The maximum Gasteiger partial charge on any atom is 0.446 e. The average molecular weight is 433 g/mol. The highest BCUT2D eigenvalue weighted by molar-refractivity contribution is 7.81. The molecule has 0 saturated carbocycles. The van der Waals surface area contributed by atoms with E-state index >= 15 is 0 Å². The number of carboxylic acid groups (broad SMARTS) is 1. The Kier molecular flexibility index (Phi) is 9.02. The lowest BCUT2D eigenvalue weighted by molar-refractivity contribution is -0.873. The number of aliphatic carboxylic acids is 1. The van der Waals surface area contributed by atoms with Gasteiger partial charge in [0.15, 0.2) is 6.10 Å². The van der Waals surface area contributed by atoms with Crippen molar-refractivity contribution in [3.05, 3.63) is 29.8 Å². The summed E-state index contributed by atoms with van der Waals surface area (Å²) >= 11 is 0. The number of hydrogen-bond donors (Lipinski definition) is 2. The first-order valence-electron chi connectivity index (χ1n) is 8.87. The second kappa shape index (κ2) is 10.5. The van der Waals surface area contributed by atoms with Crippen LogP contribution in [0.4, 0.5) is 0 Å². The van der Waals surface area contributed by atoms with E-state index in [4.69, 9.17) is 9.29 Å². The molecule has 29 heavy (non-hydrogen) atoms. The number of aliphatic hydroxyl groups is 1. The van der Waals surface area contributed by atoms with Crippen molar-refractivity contribution in [2.24, 2.45) is 0 Å². The zero-order valence-corrected chi connectivity index (χ0v) is 17.4. The number of carboxylic acids is 1. The minimum Gasteiger partial charge on any atom is -0.550 e. The molecule has 0 aliphatic carbocycles. The Hall–Kier alpha value is -2.21. The van der Waals surface area contributed by atoms with Crippen molar-refractivity contribution in [3.8, 4) is 5.75 Å². The zero-order chi connectivity index (χ0) is 22.2. The Morgan fingerprint density at radius 1 is 1.24 bits per heavy atom. The van der Waals surface area contributed by atoms with Crippen molar-refractivity contribution >= 4 is 22.3 Å². The normalized spacial score (nSPS) is 14.1. The van der Waals surface area contributed by atoms with Crippen LogP contribution in [0.15, 0.2) is 24.3 Å². The third-order valence-corrected chi connectivity index (χ3v) is 4.10. The second-order valence-electron chi connectivity index (χ2n) is 7.72. The van der Waals surface area contributed by atoms with E-state index in [1.54, 1.807) is 6.07 Å². The smallest absolute Gasteiger partial charge is 0.446 e. The number of esters is 1. The van der Waals surface area contributed by atoms with E-state index in [0.29, 0.717) is 16.6 Å². The molecule has 1 aromatic carbocycles. The van der Waals surface area contributed by atoms with Crippen molar-refractivity contribution in [2.45, 2.75) is 37.9 Å². The Balaban J connectivity index is 2.56. The highest BCUT2D eigenvalue weighted by atomic mass is 32.3. The molecular formula is C18H27NO9S. The van der Waals surface area contributed by atoms with Gasteiger partial charge in [-0.15, -0.1) is 0 Å². The first kappa shape index (κ1) is 24.8. The molecule has 0 radical (unpaired) electrons. The average Bonchev–Trinajstić information content (AvgIpc) is 2.49. The second-order valence-corrected chi connectivity index (χ2v) is 8.74. The lowest BCUT2D eigenvalue weighted by Gasteiger charge is -2.29. The summed E-state index contributed by atoms with van der Waals surface area (Å²) in [5.74, 6) is -2.06. The largest absolute Gasteiger partial charge is 0.550 e. The van der Waals surface area contributed by atoms with Crippen LogP contribution in [-0.2, 0) is 31.1 Å². The monoisotopic (exact) mass is 433 g/mol. The van der Waals surface area contributed by atoms with Gasteiger partial charge in [0.2, 0.25) is 0 Å². The number of likely N-dealkylation sites (N-methyl/N-ethyl adjacent to an activating group) is 1. The van der Waals surface area contributed by atoms with Crippen molar-refractivity contribution in [1.82, 2.24) is 0 Å². The molecule has 0 aliphatic heterocycles. The molecule has 0 aliphatic rings. The SMILES string of the molecule is C[N+](C)(C)CC(CC(=O)[O-])OC(=O)CCC(O)Cc1cccc(OS(=O)(=O)O)c1. The van der Waals surface area contributed by atoms with Gasteiger partial charge in [0.25, 0.3) is 0 Å². The van der Waals surface area contributed by atoms with E-state index < -0.39 is 41.0 Å². The van der Waals surface area contributed by atoms with E-state index in [1.165, 1.54) is 18.2 Å². The van der Waals surface area contributed by atoms with Crippen LogP contribution >= 0.6 is 0 Å². The van der Waals surface area contributed by atoms with Gasteiger partial charge >= 0.3 is 16.4 Å². The molecule has 0 fully saturated rings. The quantitative estimate of drug-likeness (QED) is 0.248. The van der Waals surface area contributed by atoms with E-state index in [-0.39, 0.29) is 25.0 Å². The third-order valence-electron chi connectivity index (χ3n) is 3.70. The van der Waals surface area contributed by atoms with Gasteiger partial charge in [-0.1, -0.05) is 12.1 Å². The van der Waals surface area contributed by atoms with Crippen LogP contribution in [0, 0.1) is 0 Å². The van der Waals surface area contributed by atoms with E-state index in [9.17, 15) is 28.2 Å². The van der Waals surface area contributed by atoms with Crippen LogP contribution in [0.5, 0.6) is 5.75 Å². The number of carbonyl (C=O) groups is 2. The molecule has 0 bridgehead atoms. The third kappa shape index (κ3) is 12.1. The first-order chi connectivity index (χ1) is 13.2. The predicted octanol–water partition coefficient (Wildman–Crippen LogP) is -0.690. The summed E-state index contributed by atoms with van der Waals surface area (Å²) in [5.41, 5.74) is 0.534. The van der Waals surface area contributed by atoms with Crippen LogP contribution in [0.3, 0.4) is 0 Å². The van der Waals surface area contributed by atoms with Gasteiger partial charge in [0, 0.05) is 18.8 Å². The van der Waals surface area contributed by atoms with Gasteiger partial charge in [-0.2, -0.15) is 8.42 Å². The number of quaternary nitrogens is 1. The predicted molar refractivity (Wildman–Crippen MR) is 100.0 cm³/mol. The summed E-state index contributed by atoms with van der Waals surface area (Å²) < 4.78 is 40.1. The summed E-state index contributed by atoms with van der Waals surface area (Å²) in [5, 5.41) is 21.0. The number of hydrogen-bond acceptors (Lipinski definition) is 8. The van der Waals surface area contributed by atoms with Crippen molar-refractivity contribution in [2.75, 3.05) is 27.7 Å². The molecule has 2 N–H and O–H groups in total. The lowest BCUT2D eigenvalue weighted by Crippen LogP contribution is -2.45. The fraction of sp³-hybridized carbons (Fsp3) is 0.556. The first-order valence-corrected chi connectivity index (χ1v) is 10.2. The van der Waals surface area contributed by atoms with Crippen LogP contribution in [0.1, 0.15) is 24.8 Å². The maximum atomic E-state index is 12.0. The molecule has 0 spiro atoms. The minimum absolute atomic E-state index is 0.0602. The van der Waals surface area contributed by atoms with Crippen LogP contribution in [-0.4, -0.2) is 74.4 Å². The highest BCUT2D eigenvalue weighted by Gasteiger charge is 2.23. The fourth-order valence-corrected chi connectivity index (χ4v) is 3.04. The summed E-state index contributed by atoms with van der Waals surface area (Å²) in [6, 6.07) is 5.78. The fourth-order valence-electron chi connectivity index (χ4n) is 2.69. The van der Waals surface area contributed by atoms with Crippen molar-refractivity contribution in [1.29, 1.82) is 0 Å². The molecule has 164 valence electrons. The molecule has 2 unspecified atom stereocenters. The molecule has 10 nitrogen and oxygen atoms in total. The Morgan fingerprint density at radius 3 is 2.45 bits per heavy atom. The van der Waals surface area contributed by atoms with Gasteiger partial charge in [-0.05, 0) is 30.5 Å². The molecule has 0 saturated heterocycles. The molecule has 2 atom stereocenters. The van der Waals surface area contributed by atoms with Gasteiger partial charge in [0.1, 0.15) is 12.3 Å². The van der Waals surface area contributed by atoms with Gasteiger partial charge < -0.3 is 28.4 Å². The number of aliphatic hydroxyl groups excluding tert-OH is 1. The molecule has 1 rings (SSSR count). The Labute approximate surface area is 170 Å². The topological polar surface area (TPSA) is 150 Å². The van der Waals surface area contributed by atoms with Crippen LogP contribution in [0.2, 0.25) is 0 Å². The minimum atomic E-state index is -4.65. The van der Waals surface area contributed by atoms with E-state index in [2.05, 4.69) is 4.18 Å². The summed E-state index contributed by atoms with van der Waals surface area (Å²) in [6.45, 7) is 0.294. The standard InChI is InChI=1S/C18H27NO9S/c1-19(2,3)12-16(11-17(21)22)27-18(23)8-7-14(20)9-13-5-4-6-15(10-13)28-29(24,25)26/h4-6,10,14,16,20H,7-9,11-12H2,1-3H3,(H-,21,22,24,25,26). The number of nitrogens with zero attached hydrogens (tertiary/aromatic N) is 1. The number of ether oxygens (including phenoxy) is 1. The molecule has 0 aromatic heterocycles. The molecular weight excluding hydrogens is 406 g/mol. The molecule has 0 heterocycles. The maximum absolute atomic E-state index is 12.0. The van der Waals surface area contributed by atoms with E-state index in [0.717, 1.165) is 0 Å². The summed E-state index contributed by atoms with van der Waals surface area (Å²) in [6.07, 6.45) is -2.13. The van der Waals surface area contributed by atoms with Crippen LogP contribution < -0.4 is 9.29 Å². The lowest BCUT2D eigenvalue weighted by atomic mass is 10.0. The summed E-state index contributed by atoms with van der Waals surface area (Å²) in [7, 11) is 0.851. The van der Waals surface area contributed by atoms with Gasteiger partial charge in [0.05, 0.1) is 27.2 Å². The number of rotatable bonds is 12. The van der Waals surface area contributed by atoms with E-state index in [1.807, 2.05) is 21.1 Å². The van der Waals surface area contributed by atoms with Gasteiger partial charge in [-0.3, -0.25) is 9.35 Å². The van der Waals surface area contributed by atoms with Crippen molar-refractivity contribution in [3.63, 3.8) is 0 Å². The number of carbonyl (C=O) groups excluding carboxylic acids is 2. The highest BCUT2D eigenvalue weighted by Crippen LogP contribution is 2.17. The zero-order valence-electron chi connectivity index (χ0n) is 16.6. The number of benzene rings is 1. The molecule has 0 amide bonds. The Bertz CT molecular complexity index is 802. The summed E-state index contributed by atoms with van der Waals surface area (Å²) in [4.78, 5) is 22.9. The van der Waals surface area contributed by atoms with Crippen LogP contribution in [0.25, 0.3) is 0 Å². The van der Waals surface area contributed by atoms with Crippen molar-refractivity contribution < 1.29 is 46.2 Å².